The van der Waals surface area contributed by atoms with Crippen LogP contribution < -0.4 is 0 Å². The van der Waals surface area contributed by atoms with E-state index in [9.17, 15) is 21.6 Å². The Labute approximate surface area is 188 Å². The Kier molecular flexibility index (Phi) is 15.9. The lowest BCUT2D eigenvalue weighted by Gasteiger charge is -2.21. The lowest BCUT2D eigenvalue weighted by molar-refractivity contribution is -0.140. The van der Waals surface area contributed by atoms with Gasteiger partial charge in [0.15, 0.2) is 6.10 Å². The van der Waals surface area contributed by atoms with Crippen LogP contribution in [0, 0.1) is 11.8 Å². The lowest BCUT2D eigenvalue weighted by atomic mass is 10.0. The summed E-state index contributed by atoms with van der Waals surface area (Å²) in [6, 6.07) is 0. The third-order valence-electron chi connectivity index (χ3n) is 4.41. The molecule has 182 valence electrons. The molecule has 0 bridgehead atoms. The zero-order chi connectivity index (χ0) is 23.8. The summed E-state index contributed by atoms with van der Waals surface area (Å²) >= 11 is 0. The highest BCUT2D eigenvalue weighted by Crippen LogP contribution is 2.17. The van der Waals surface area contributed by atoms with Crippen LogP contribution in [0.5, 0.6) is 0 Å². The fourth-order valence-corrected chi connectivity index (χ4v) is 4.10. The normalized spacial score (nSPS) is 13.8. The molecule has 0 aromatic heterocycles. The minimum atomic E-state index is -3.84. The molecule has 0 aromatic rings. The second kappa shape index (κ2) is 16.5. The van der Waals surface area contributed by atoms with Crippen LogP contribution in [0.4, 0.5) is 0 Å². The van der Waals surface area contributed by atoms with Crippen LogP contribution in [0.25, 0.3) is 0 Å². The predicted octanol–water partition coefficient (Wildman–Crippen LogP) is 3.55. The molecule has 0 aliphatic heterocycles. The van der Waals surface area contributed by atoms with Gasteiger partial charge in [-0.15, -0.1) is 5.92 Å². The summed E-state index contributed by atoms with van der Waals surface area (Å²) in [5, 5.41) is 0. The van der Waals surface area contributed by atoms with Gasteiger partial charge in [0.1, 0.15) is 6.10 Å². The summed E-state index contributed by atoms with van der Waals surface area (Å²) in [5.41, 5.74) is 0. The molecule has 0 aromatic carbocycles. The average Bonchev–Trinajstić information content (AvgIpc) is 2.66. The smallest absolute Gasteiger partial charge is 0.305 e. The maximum Gasteiger partial charge on any atom is 0.305 e. The number of carbonyl (C=O) groups is 1. The predicted molar refractivity (Wildman–Crippen MR) is 120 cm³/mol. The summed E-state index contributed by atoms with van der Waals surface area (Å²) in [6.45, 7) is 2.06. The van der Waals surface area contributed by atoms with E-state index in [1.165, 1.54) is 7.11 Å². The van der Waals surface area contributed by atoms with Gasteiger partial charge in [0.2, 0.25) is 0 Å². The van der Waals surface area contributed by atoms with Gasteiger partial charge in [-0.05, 0) is 19.3 Å². The lowest BCUT2D eigenvalue weighted by Crippen LogP contribution is -2.34. The van der Waals surface area contributed by atoms with E-state index in [1.807, 2.05) is 0 Å². The standard InChI is InChI=1S/C21H38O8S2/c1-5-6-7-13-16-19(28-30(3,23)24)20(29-31(4,25)26)17-14-11-9-8-10-12-15-18-21(22)27-2/h19-20H,5-13,15-16,18H2,1-4H3. The number of hydrogen-bond acceptors (Lipinski definition) is 8. The number of hydrogen-bond donors (Lipinski definition) is 0. The Morgan fingerprint density at radius 1 is 0.839 bits per heavy atom. The van der Waals surface area contributed by atoms with E-state index < -0.39 is 32.4 Å². The molecule has 10 heteroatoms. The summed E-state index contributed by atoms with van der Waals surface area (Å²) in [7, 11) is -6.27. The monoisotopic (exact) mass is 482 g/mol. The van der Waals surface area contributed by atoms with Crippen LogP contribution in [0.15, 0.2) is 0 Å². The molecule has 0 aliphatic carbocycles. The van der Waals surface area contributed by atoms with Crippen molar-refractivity contribution in [1.82, 2.24) is 0 Å². The van der Waals surface area contributed by atoms with Crippen molar-refractivity contribution in [1.29, 1.82) is 0 Å². The Morgan fingerprint density at radius 2 is 1.42 bits per heavy atom. The molecule has 2 unspecified atom stereocenters. The van der Waals surface area contributed by atoms with Crippen LogP contribution in [-0.2, 0) is 38.1 Å². The minimum Gasteiger partial charge on any atom is -0.469 e. The zero-order valence-electron chi connectivity index (χ0n) is 19.2. The molecular weight excluding hydrogens is 444 g/mol. The number of methoxy groups -OCH3 is 1. The van der Waals surface area contributed by atoms with Crippen molar-refractivity contribution in [2.24, 2.45) is 0 Å². The number of unbranched alkanes of at least 4 members (excludes halogenated alkanes) is 8. The first-order chi connectivity index (χ1) is 14.5. The van der Waals surface area contributed by atoms with Crippen LogP contribution in [0.3, 0.4) is 0 Å². The largest absolute Gasteiger partial charge is 0.469 e. The molecule has 8 nitrogen and oxygen atoms in total. The third-order valence-corrected chi connectivity index (χ3v) is 5.57. The van der Waals surface area contributed by atoms with Crippen molar-refractivity contribution in [3.8, 4) is 11.8 Å². The van der Waals surface area contributed by atoms with E-state index in [4.69, 9.17) is 8.37 Å². The second-order valence-electron chi connectivity index (χ2n) is 7.57. The number of rotatable bonds is 17. The molecule has 0 aliphatic rings. The molecule has 0 saturated carbocycles. The first-order valence-corrected chi connectivity index (χ1v) is 14.4. The van der Waals surface area contributed by atoms with Gasteiger partial charge in [-0.2, -0.15) is 16.8 Å². The van der Waals surface area contributed by atoms with Crippen LogP contribution >= 0.6 is 0 Å². The van der Waals surface area contributed by atoms with Gasteiger partial charge in [0.25, 0.3) is 20.2 Å². The molecule has 0 heterocycles. The first kappa shape index (κ1) is 29.9. The van der Waals surface area contributed by atoms with E-state index in [0.717, 1.165) is 63.9 Å². The first-order valence-electron chi connectivity index (χ1n) is 10.8. The second-order valence-corrected chi connectivity index (χ2v) is 10.8. The summed E-state index contributed by atoms with van der Waals surface area (Å²) in [4.78, 5) is 11.0. The van der Waals surface area contributed by atoms with E-state index in [2.05, 4.69) is 23.5 Å². The van der Waals surface area contributed by atoms with Gasteiger partial charge in [0, 0.05) is 12.8 Å². The Hall–Kier alpha value is -1.15. The molecule has 0 amide bonds. The fraction of sp³-hybridized carbons (Fsp3) is 0.857. The fourth-order valence-electron chi connectivity index (χ4n) is 2.90. The SMILES string of the molecule is CCCCCCC(OS(C)(=O)=O)C(C#CCCCCCCCC(=O)OC)OS(C)(=O)=O. The van der Waals surface area contributed by atoms with E-state index in [-0.39, 0.29) is 5.97 Å². The molecular formula is C21H38O8S2. The highest BCUT2D eigenvalue weighted by molar-refractivity contribution is 7.86. The third kappa shape index (κ3) is 19.3. The molecule has 31 heavy (non-hydrogen) atoms. The Morgan fingerprint density at radius 3 is 2.00 bits per heavy atom. The molecule has 0 radical (unpaired) electrons. The van der Waals surface area contributed by atoms with E-state index in [0.29, 0.717) is 25.7 Å². The Bertz CT molecular complexity index is 763. The van der Waals surface area contributed by atoms with Gasteiger partial charge in [-0.1, -0.05) is 57.8 Å². The minimum absolute atomic E-state index is 0.205. The molecule has 0 spiro atoms. The van der Waals surface area contributed by atoms with Crippen molar-refractivity contribution < 1.29 is 34.7 Å². The summed E-state index contributed by atoms with van der Waals surface area (Å²) in [6.07, 6.45) is 8.94. The number of carbonyl (C=O) groups excluding carboxylic acids is 1. The van der Waals surface area contributed by atoms with Crippen LogP contribution in [-0.4, -0.2) is 54.6 Å². The Balaban J connectivity index is 4.81. The summed E-state index contributed by atoms with van der Waals surface area (Å²) in [5.74, 6) is 5.46. The van der Waals surface area contributed by atoms with Gasteiger partial charge in [-0.25, -0.2) is 0 Å². The summed E-state index contributed by atoms with van der Waals surface area (Å²) < 4.78 is 61.4. The van der Waals surface area contributed by atoms with E-state index >= 15 is 0 Å². The molecule has 2 atom stereocenters. The van der Waals surface area contributed by atoms with Gasteiger partial charge >= 0.3 is 5.97 Å². The number of ether oxygens (including phenoxy) is 1. The van der Waals surface area contributed by atoms with Gasteiger partial charge < -0.3 is 4.74 Å². The maximum absolute atomic E-state index is 11.7. The average molecular weight is 483 g/mol. The van der Waals surface area contributed by atoms with Crippen molar-refractivity contribution in [3.05, 3.63) is 0 Å². The molecule has 0 fully saturated rings. The molecule has 0 saturated heterocycles. The zero-order valence-corrected chi connectivity index (χ0v) is 20.9. The van der Waals surface area contributed by atoms with Crippen molar-refractivity contribution in [3.63, 3.8) is 0 Å². The van der Waals surface area contributed by atoms with Crippen LogP contribution in [0.2, 0.25) is 0 Å². The topological polar surface area (TPSA) is 113 Å². The molecule has 0 N–H and O–H groups in total. The molecule has 0 rings (SSSR count). The highest BCUT2D eigenvalue weighted by atomic mass is 32.2. The van der Waals surface area contributed by atoms with Crippen molar-refractivity contribution in [2.45, 2.75) is 96.2 Å². The quantitative estimate of drug-likeness (QED) is 0.134. The maximum atomic E-state index is 11.7. The number of esters is 1. The van der Waals surface area contributed by atoms with E-state index in [1.54, 1.807) is 0 Å². The van der Waals surface area contributed by atoms with Crippen LogP contribution in [0.1, 0.15) is 84.0 Å². The van der Waals surface area contributed by atoms with Crippen molar-refractivity contribution >= 4 is 26.2 Å². The highest BCUT2D eigenvalue weighted by Gasteiger charge is 2.28. The van der Waals surface area contributed by atoms with Gasteiger partial charge in [0.05, 0.1) is 19.6 Å². The van der Waals surface area contributed by atoms with Crippen molar-refractivity contribution in [2.75, 3.05) is 19.6 Å². The van der Waals surface area contributed by atoms with Gasteiger partial charge in [-0.3, -0.25) is 13.2 Å².